The van der Waals surface area contributed by atoms with Crippen LogP contribution in [0.2, 0.25) is 0 Å². The lowest BCUT2D eigenvalue weighted by Crippen LogP contribution is -2.47. The number of ether oxygens (including phenoxy) is 1. The molecule has 16 heavy (non-hydrogen) atoms. The average molecular weight is 238 g/mol. The van der Waals surface area contributed by atoms with Gasteiger partial charge in [-0.05, 0) is 17.5 Å². The second-order valence-corrected chi connectivity index (χ2v) is 4.40. The highest BCUT2D eigenvalue weighted by atomic mass is 32.1. The van der Waals surface area contributed by atoms with Gasteiger partial charge in [-0.25, -0.2) is 5.01 Å². The molecule has 2 heterocycles. The van der Waals surface area contributed by atoms with Crippen LogP contribution in [0, 0.1) is 0 Å². The van der Waals surface area contributed by atoms with Gasteiger partial charge in [-0.1, -0.05) is 6.07 Å². The van der Waals surface area contributed by atoms with Crippen molar-refractivity contribution >= 4 is 23.3 Å². The summed E-state index contributed by atoms with van der Waals surface area (Å²) in [5.41, 5.74) is 2.81. The molecule has 1 N–H and O–H groups in total. The zero-order chi connectivity index (χ0) is 11.2. The minimum Gasteiger partial charge on any atom is -0.379 e. The van der Waals surface area contributed by atoms with Crippen LogP contribution in [0.5, 0.6) is 0 Å². The van der Waals surface area contributed by atoms with Gasteiger partial charge in [-0.15, -0.1) is 11.3 Å². The number of nitrogens with zero attached hydrogens (tertiary/aromatic N) is 1. The number of nitrogens with one attached hydrogen (secondary N) is 1. The summed E-state index contributed by atoms with van der Waals surface area (Å²) in [6.07, 6.45) is 3.38. The van der Waals surface area contributed by atoms with Gasteiger partial charge in [0, 0.05) is 24.0 Å². The van der Waals surface area contributed by atoms with Crippen LogP contribution in [0.25, 0.3) is 6.08 Å². The number of amides is 1. The summed E-state index contributed by atoms with van der Waals surface area (Å²) < 4.78 is 5.19. The highest BCUT2D eigenvalue weighted by Gasteiger charge is 2.10. The van der Waals surface area contributed by atoms with Gasteiger partial charge >= 0.3 is 0 Å². The molecule has 4 nitrogen and oxygen atoms in total. The number of hydrogen-bond donors (Lipinski definition) is 1. The smallest absolute Gasteiger partial charge is 0.258 e. The van der Waals surface area contributed by atoms with E-state index in [1.165, 1.54) is 0 Å². The molecule has 0 aliphatic carbocycles. The fourth-order valence-electron chi connectivity index (χ4n) is 1.41. The van der Waals surface area contributed by atoms with Gasteiger partial charge in [0.15, 0.2) is 0 Å². The van der Waals surface area contributed by atoms with Crippen molar-refractivity contribution in [2.24, 2.45) is 0 Å². The quantitative estimate of drug-likeness (QED) is 0.802. The van der Waals surface area contributed by atoms with Crippen molar-refractivity contribution in [2.45, 2.75) is 0 Å². The molecule has 1 aromatic rings. The fraction of sp³-hybridized carbons (Fsp3) is 0.364. The Labute approximate surface area is 98.5 Å². The predicted octanol–water partition coefficient (Wildman–Crippen LogP) is 1.12. The second kappa shape index (κ2) is 5.79. The molecule has 0 unspecified atom stereocenters. The summed E-state index contributed by atoms with van der Waals surface area (Å²) >= 11 is 1.61. The SMILES string of the molecule is O=C(/C=C/c1cccs1)NN1CCOCC1. The first kappa shape index (κ1) is 11.3. The third-order valence-corrected chi connectivity index (χ3v) is 3.06. The summed E-state index contributed by atoms with van der Waals surface area (Å²) in [5, 5.41) is 3.87. The number of carbonyl (C=O) groups is 1. The summed E-state index contributed by atoms with van der Waals surface area (Å²) in [7, 11) is 0. The Morgan fingerprint density at radius 2 is 2.31 bits per heavy atom. The van der Waals surface area contributed by atoms with Crippen molar-refractivity contribution < 1.29 is 9.53 Å². The molecule has 1 fully saturated rings. The number of hydrazine groups is 1. The molecule has 0 saturated carbocycles. The highest BCUT2D eigenvalue weighted by molar-refractivity contribution is 7.10. The molecule has 0 bridgehead atoms. The maximum Gasteiger partial charge on any atom is 0.258 e. The second-order valence-electron chi connectivity index (χ2n) is 3.42. The fourth-order valence-corrected chi connectivity index (χ4v) is 2.03. The lowest BCUT2D eigenvalue weighted by molar-refractivity contribution is -0.123. The van der Waals surface area contributed by atoms with E-state index in [-0.39, 0.29) is 5.91 Å². The van der Waals surface area contributed by atoms with Crippen molar-refractivity contribution in [3.8, 4) is 0 Å². The number of morpholine rings is 1. The molecule has 0 spiro atoms. The first-order chi connectivity index (χ1) is 7.84. The largest absolute Gasteiger partial charge is 0.379 e. The Morgan fingerprint density at radius 3 is 3.00 bits per heavy atom. The van der Waals surface area contributed by atoms with Gasteiger partial charge in [0.25, 0.3) is 5.91 Å². The first-order valence-electron chi connectivity index (χ1n) is 5.19. The van der Waals surface area contributed by atoms with Crippen molar-refractivity contribution in [3.63, 3.8) is 0 Å². The molecular formula is C11H14N2O2S. The van der Waals surface area contributed by atoms with Gasteiger partial charge in [0.2, 0.25) is 0 Å². The molecule has 1 saturated heterocycles. The number of rotatable bonds is 3. The molecule has 1 aliphatic rings. The van der Waals surface area contributed by atoms with E-state index in [1.54, 1.807) is 17.4 Å². The van der Waals surface area contributed by atoms with Gasteiger partial charge in [-0.2, -0.15) is 0 Å². The Morgan fingerprint density at radius 1 is 1.50 bits per heavy atom. The molecule has 0 radical (unpaired) electrons. The normalized spacial score (nSPS) is 17.8. The highest BCUT2D eigenvalue weighted by Crippen LogP contribution is 2.09. The van der Waals surface area contributed by atoms with E-state index in [2.05, 4.69) is 5.43 Å². The Bertz CT molecular complexity index is 356. The number of thiophene rings is 1. The van der Waals surface area contributed by atoms with E-state index in [0.717, 1.165) is 18.0 Å². The standard InChI is InChI=1S/C11H14N2O2S/c14-11(4-3-10-2-1-9-16-10)12-13-5-7-15-8-6-13/h1-4,9H,5-8H2,(H,12,14)/b4-3+. The third kappa shape index (κ3) is 3.44. The summed E-state index contributed by atoms with van der Waals surface area (Å²) in [6.45, 7) is 2.85. The lowest BCUT2D eigenvalue weighted by Gasteiger charge is -2.26. The molecule has 86 valence electrons. The van der Waals surface area contributed by atoms with Crippen molar-refractivity contribution in [2.75, 3.05) is 26.3 Å². The van der Waals surface area contributed by atoms with E-state index in [0.29, 0.717) is 13.2 Å². The number of hydrogen-bond acceptors (Lipinski definition) is 4. The van der Waals surface area contributed by atoms with Crippen LogP contribution in [0.15, 0.2) is 23.6 Å². The van der Waals surface area contributed by atoms with Gasteiger partial charge in [0.1, 0.15) is 0 Å². The first-order valence-corrected chi connectivity index (χ1v) is 6.07. The van der Waals surface area contributed by atoms with Gasteiger partial charge in [-0.3, -0.25) is 10.2 Å². The van der Waals surface area contributed by atoms with Crippen LogP contribution in [-0.2, 0) is 9.53 Å². The summed E-state index contributed by atoms with van der Waals surface area (Å²) in [6, 6.07) is 3.94. The summed E-state index contributed by atoms with van der Waals surface area (Å²) in [5.74, 6) is -0.0877. The molecule has 1 aromatic heterocycles. The molecule has 1 amide bonds. The van der Waals surface area contributed by atoms with Gasteiger partial charge in [0.05, 0.1) is 13.2 Å². The van der Waals surface area contributed by atoms with Crippen LogP contribution in [0.4, 0.5) is 0 Å². The monoisotopic (exact) mass is 238 g/mol. The lowest BCUT2D eigenvalue weighted by atomic mass is 10.4. The third-order valence-electron chi connectivity index (χ3n) is 2.22. The molecule has 5 heteroatoms. The maximum atomic E-state index is 11.5. The zero-order valence-electron chi connectivity index (χ0n) is 8.89. The van der Waals surface area contributed by atoms with E-state index in [1.807, 2.05) is 28.6 Å². The van der Waals surface area contributed by atoms with Crippen molar-refractivity contribution in [1.82, 2.24) is 10.4 Å². The molecule has 1 aliphatic heterocycles. The van der Waals surface area contributed by atoms with Crippen molar-refractivity contribution in [1.29, 1.82) is 0 Å². The van der Waals surface area contributed by atoms with Crippen LogP contribution in [-0.4, -0.2) is 37.2 Å². The van der Waals surface area contributed by atoms with Crippen LogP contribution in [0.1, 0.15) is 4.88 Å². The minimum atomic E-state index is -0.0877. The molecule has 2 rings (SSSR count). The Kier molecular flexibility index (Phi) is 4.10. The van der Waals surface area contributed by atoms with Crippen LogP contribution < -0.4 is 5.43 Å². The number of carbonyl (C=O) groups excluding carboxylic acids is 1. The average Bonchev–Trinajstić information content (AvgIpc) is 2.81. The molecular weight excluding hydrogens is 224 g/mol. The molecule has 0 aromatic carbocycles. The Hall–Kier alpha value is -1.17. The minimum absolute atomic E-state index is 0.0877. The van der Waals surface area contributed by atoms with Crippen molar-refractivity contribution in [3.05, 3.63) is 28.5 Å². The van der Waals surface area contributed by atoms with Crippen LogP contribution in [0.3, 0.4) is 0 Å². The van der Waals surface area contributed by atoms with Crippen LogP contribution >= 0.6 is 11.3 Å². The van der Waals surface area contributed by atoms with E-state index >= 15 is 0 Å². The van der Waals surface area contributed by atoms with Gasteiger partial charge < -0.3 is 4.74 Å². The van der Waals surface area contributed by atoms with E-state index in [4.69, 9.17) is 4.74 Å². The zero-order valence-corrected chi connectivity index (χ0v) is 9.70. The van der Waals surface area contributed by atoms with E-state index < -0.39 is 0 Å². The Balaban J connectivity index is 1.79. The maximum absolute atomic E-state index is 11.5. The summed E-state index contributed by atoms with van der Waals surface area (Å²) in [4.78, 5) is 12.6. The topological polar surface area (TPSA) is 41.6 Å². The predicted molar refractivity (Wildman–Crippen MR) is 63.9 cm³/mol. The van der Waals surface area contributed by atoms with E-state index in [9.17, 15) is 4.79 Å². The molecule has 0 atom stereocenters.